The summed E-state index contributed by atoms with van der Waals surface area (Å²) in [7, 11) is 0. The smallest absolute Gasteiger partial charge is 0.198 e. The number of nitrogens with zero attached hydrogens (tertiary/aromatic N) is 4. The van der Waals surface area contributed by atoms with Crippen molar-refractivity contribution in [2.24, 2.45) is 0 Å². The lowest BCUT2D eigenvalue weighted by Crippen LogP contribution is -2.04. The Bertz CT molecular complexity index is 759. The van der Waals surface area contributed by atoms with Gasteiger partial charge in [-0.25, -0.2) is 4.68 Å². The zero-order valence-electron chi connectivity index (χ0n) is 11.8. The molecule has 3 aromatic heterocycles. The molecule has 0 saturated heterocycles. The fourth-order valence-corrected chi connectivity index (χ4v) is 2.59. The van der Waals surface area contributed by atoms with Crippen molar-refractivity contribution in [3.05, 3.63) is 53.3 Å². The van der Waals surface area contributed by atoms with Gasteiger partial charge in [0.2, 0.25) is 0 Å². The molecule has 5 nitrogen and oxygen atoms in total. The van der Waals surface area contributed by atoms with E-state index in [4.69, 9.17) is 16.6 Å². The third-order valence-corrected chi connectivity index (χ3v) is 3.75. The molecule has 0 aliphatic heterocycles. The van der Waals surface area contributed by atoms with Crippen molar-refractivity contribution in [2.75, 3.05) is 0 Å². The first-order chi connectivity index (χ1) is 10.3. The largest absolute Gasteiger partial charge is 0.461 e. The molecule has 3 aromatic rings. The molecule has 108 valence electrons. The van der Waals surface area contributed by atoms with Crippen LogP contribution in [-0.2, 0) is 19.5 Å². The second-order valence-electron chi connectivity index (χ2n) is 4.66. The molecule has 0 saturated carbocycles. The fourth-order valence-electron chi connectivity index (χ4n) is 2.24. The Morgan fingerprint density at radius 1 is 1.29 bits per heavy atom. The number of aromatic nitrogens is 4. The van der Waals surface area contributed by atoms with Crippen molar-refractivity contribution in [1.29, 1.82) is 0 Å². The molecule has 0 aliphatic rings. The van der Waals surface area contributed by atoms with Gasteiger partial charge in [0.15, 0.2) is 16.4 Å². The number of hydrogen-bond donors (Lipinski definition) is 0. The fraction of sp³-hybridized carbons (Fsp3) is 0.267. The topological polar surface area (TPSA) is 48.8 Å². The summed E-state index contributed by atoms with van der Waals surface area (Å²) in [4.78, 5) is 4.12. The summed E-state index contributed by atoms with van der Waals surface area (Å²) in [6.45, 7) is 3.54. The van der Waals surface area contributed by atoms with Gasteiger partial charge in [-0.1, -0.05) is 6.07 Å². The number of hydrogen-bond acceptors (Lipinski definition) is 4. The maximum Gasteiger partial charge on any atom is 0.198 e. The van der Waals surface area contributed by atoms with E-state index in [2.05, 4.69) is 23.1 Å². The van der Waals surface area contributed by atoms with Gasteiger partial charge in [0.05, 0.1) is 6.26 Å². The maximum absolute atomic E-state index is 5.51. The van der Waals surface area contributed by atoms with Crippen LogP contribution in [0.4, 0.5) is 0 Å². The van der Waals surface area contributed by atoms with E-state index >= 15 is 0 Å². The average Bonchev–Trinajstić information content (AvgIpc) is 3.14. The highest BCUT2D eigenvalue weighted by Gasteiger charge is 2.13. The molecule has 0 bridgehead atoms. The van der Waals surface area contributed by atoms with Crippen molar-refractivity contribution in [2.45, 2.75) is 26.4 Å². The Labute approximate surface area is 127 Å². The molecule has 0 radical (unpaired) electrons. The van der Waals surface area contributed by atoms with Crippen molar-refractivity contribution >= 4 is 12.2 Å². The lowest BCUT2D eigenvalue weighted by Gasteiger charge is -2.01. The van der Waals surface area contributed by atoms with Crippen LogP contribution in [0.1, 0.15) is 12.5 Å². The molecule has 3 heterocycles. The SMILES string of the molecule is CCn1c(-c2ccco2)nn(CCc2cccnc2)c1=S. The molecule has 0 atom stereocenters. The van der Waals surface area contributed by atoms with E-state index in [1.165, 1.54) is 5.56 Å². The highest BCUT2D eigenvalue weighted by atomic mass is 32.1. The Morgan fingerprint density at radius 3 is 2.86 bits per heavy atom. The number of pyridine rings is 1. The predicted octanol–water partition coefficient (Wildman–Crippen LogP) is 3.33. The summed E-state index contributed by atoms with van der Waals surface area (Å²) in [6, 6.07) is 7.75. The number of rotatable bonds is 5. The molecule has 0 unspecified atom stereocenters. The molecule has 3 rings (SSSR count). The lowest BCUT2D eigenvalue weighted by molar-refractivity contribution is 0.567. The highest BCUT2D eigenvalue weighted by molar-refractivity contribution is 7.71. The Kier molecular flexibility index (Phi) is 3.96. The molecule has 0 spiro atoms. The first-order valence-corrected chi connectivity index (χ1v) is 7.31. The molecule has 0 amide bonds. The van der Waals surface area contributed by atoms with Crippen LogP contribution < -0.4 is 0 Å². The van der Waals surface area contributed by atoms with Gasteiger partial charge in [-0.3, -0.25) is 9.55 Å². The second kappa shape index (κ2) is 6.05. The standard InChI is InChI=1S/C15H16N4OS/c1-2-18-14(13-6-4-10-20-13)17-19(15(18)21)9-7-12-5-3-8-16-11-12/h3-6,8,10-11H,2,7,9H2,1H3. The van der Waals surface area contributed by atoms with E-state index in [0.717, 1.165) is 31.1 Å². The summed E-state index contributed by atoms with van der Waals surface area (Å²) in [5.74, 6) is 1.52. The minimum absolute atomic E-state index is 0.716. The molecule has 0 N–H and O–H groups in total. The number of furan rings is 1. The van der Waals surface area contributed by atoms with Crippen molar-refractivity contribution < 1.29 is 4.42 Å². The van der Waals surface area contributed by atoms with Gasteiger partial charge >= 0.3 is 0 Å². The first kappa shape index (κ1) is 13.8. The van der Waals surface area contributed by atoms with E-state index in [1.54, 1.807) is 12.5 Å². The molecular formula is C15H16N4OS. The zero-order valence-corrected chi connectivity index (χ0v) is 12.6. The monoisotopic (exact) mass is 300 g/mol. The Balaban J connectivity index is 1.88. The van der Waals surface area contributed by atoms with Crippen molar-refractivity contribution in [3.63, 3.8) is 0 Å². The highest BCUT2D eigenvalue weighted by Crippen LogP contribution is 2.19. The Morgan fingerprint density at radius 2 is 2.19 bits per heavy atom. The van der Waals surface area contributed by atoms with Gasteiger partial charge in [0.1, 0.15) is 0 Å². The first-order valence-electron chi connectivity index (χ1n) is 6.90. The zero-order chi connectivity index (χ0) is 14.7. The molecule has 6 heteroatoms. The van der Waals surface area contributed by atoms with Gasteiger partial charge in [-0.05, 0) is 49.3 Å². The average molecular weight is 300 g/mol. The van der Waals surface area contributed by atoms with Crippen LogP contribution in [0.25, 0.3) is 11.6 Å². The molecular weight excluding hydrogens is 284 g/mol. The van der Waals surface area contributed by atoms with Gasteiger partial charge in [-0.15, -0.1) is 5.10 Å². The van der Waals surface area contributed by atoms with Crippen LogP contribution >= 0.6 is 12.2 Å². The summed E-state index contributed by atoms with van der Waals surface area (Å²) < 4.78 is 9.99. The second-order valence-corrected chi connectivity index (χ2v) is 5.03. The Hall–Kier alpha value is -2.21. The predicted molar refractivity (Wildman–Crippen MR) is 82.4 cm³/mol. The van der Waals surface area contributed by atoms with E-state index in [1.807, 2.05) is 33.6 Å². The third kappa shape index (κ3) is 2.80. The molecule has 21 heavy (non-hydrogen) atoms. The van der Waals surface area contributed by atoms with Gasteiger partial charge in [0, 0.05) is 25.5 Å². The third-order valence-electron chi connectivity index (χ3n) is 3.32. The quantitative estimate of drug-likeness (QED) is 0.678. The van der Waals surface area contributed by atoms with Crippen LogP contribution in [-0.4, -0.2) is 19.3 Å². The number of aryl methyl sites for hydroxylation is 2. The van der Waals surface area contributed by atoms with E-state index in [0.29, 0.717) is 4.77 Å². The van der Waals surface area contributed by atoms with Gasteiger partial charge in [-0.2, -0.15) is 0 Å². The van der Waals surface area contributed by atoms with Crippen LogP contribution in [0.3, 0.4) is 0 Å². The maximum atomic E-state index is 5.51. The van der Waals surface area contributed by atoms with Crippen molar-refractivity contribution in [3.8, 4) is 11.6 Å². The normalized spacial score (nSPS) is 10.9. The summed E-state index contributed by atoms with van der Waals surface area (Å²) in [6.07, 6.45) is 6.14. The molecule has 0 aliphatic carbocycles. The van der Waals surface area contributed by atoms with Crippen LogP contribution in [0.5, 0.6) is 0 Å². The van der Waals surface area contributed by atoms with Crippen LogP contribution in [0.15, 0.2) is 47.3 Å². The van der Waals surface area contributed by atoms with Gasteiger partial charge < -0.3 is 4.42 Å². The molecule has 0 fully saturated rings. The van der Waals surface area contributed by atoms with E-state index in [9.17, 15) is 0 Å². The van der Waals surface area contributed by atoms with E-state index < -0.39 is 0 Å². The minimum atomic E-state index is 0.716. The minimum Gasteiger partial charge on any atom is -0.461 e. The molecule has 0 aromatic carbocycles. The van der Waals surface area contributed by atoms with Crippen LogP contribution in [0, 0.1) is 4.77 Å². The van der Waals surface area contributed by atoms with Crippen LogP contribution in [0.2, 0.25) is 0 Å². The summed E-state index contributed by atoms with van der Waals surface area (Å²) in [5, 5.41) is 4.60. The van der Waals surface area contributed by atoms with Crippen molar-refractivity contribution in [1.82, 2.24) is 19.3 Å². The lowest BCUT2D eigenvalue weighted by atomic mass is 10.2. The van der Waals surface area contributed by atoms with Gasteiger partial charge in [0.25, 0.3) is 0 Å². The van der Waals surface area contributed by atoms with E-state index in [-0.39, 0.29) is 0 Å². The summed E-state index contributed by atoms with van der Waals surface area (Å²) >= 11 is 5.51. The summed E-state index contributed by atoms with van der Waals surface area (Å²) in [5.41, 5.74) is 1.17.